The molecule has 1 heterocycles. The van der Waals surface area contributed by atoms with E-state index in [-0.39, 0.29) is 11.6 Å². The molecule has 1 aliphatic rings. The second-order valence-corrected chi connectivity index (χ2v) is 5.54. The van der Waals surface area contributed by atoms with E-state index in [4.69, 9.17) is 10.5 Å². The quantitative estimate of drug-likeness (QED) is 0.851. The first-order valence-electron chi connectivity index (χ1n) is 6.41. The molecule has 1 aromatic rings. The van der Waals surface area contributed by atoms with Gasteiger partial charge in [-0.15, -0.1) is 0 Å². The number of hydrogen-bond acceptors (Lipinski definition) is 2. The van der Waals surface area contributed by atoms with Crippen LogP contribution in [0.25, 0.3) is 0 Å². The Morgan fingerprint density at radius 2 is 1.82 bits per heavy atom. The molecule has 2 atom stereocenters. The minimum absolute atomic E-state index is 0.0238. The van der Waals surface area contributed by atoms with Gasteiger partial charge in [0.15, 0.2) is 0 Å². The van der Waals surface area contributed by atoms with Crippen LogP contribution < -0.4 is 5.73 Å². The van der Waals surface area contributed by atoms with E-state index in [0.29, 0.717) is 0 Å². The fourth-order valence-electron chi connectivity index (χ4n) is 2.69. The normalized spacial score (nSPS) is 26.2. The lowest BCUT2D eigenvalue weighted by molar-refractivity contribution is -0.00190. The second-order valence-electron chi connectivity index (χ2n) is 5.54. The molecule has 1 saturated heterocycles. The molecular formula is C15H23NO. The van der Waals surface area contributed by atoms with E-state index in [1.54, 1.807) is 0 Å². The van der Waals surface area contributed by atoms with Crippen LogP contribution in [0.4, 0.5) is 0 Å². The number of rotatable bonds is 2. The van der Waals surface area contributed by atoms with Crippen LogP contribution in [0.5, 0.6) is 0 Å². The van der Waals surface area contributed by atoms with Crippen molar-refractivity contribution in [3.8, 4) is 0 Å². The number of ether oxygens (including phenoxy) is 1. The smallest absolute Gasteiger partial charge is 0.0847 e. The Labute approximate surface area is 104 Å². The Morgan fingerprint density at radius 1 is 1.18 bits per heavy atom. The van der Waals surface area contributed by atoms with Crippen LogP contribution in [0.3, 0.4) is 0 Å². The molecule has 2 rings (SSSR count). The Hall–Kier alpha value is -0.860. The SMILES string of the molecule is Cc1cc(C)c(C(N)C2(C)CCCO2)cc1C. The zero-order valence-electron chi connectivity index (χ0n) is 11.3. The minimum Gasteiger partial charge on any atom is -0.373 e. The monoisotopic (exact) mass is 233 g/mol. The third-order valence-electron chi connectivity index (χ3n) is 4.12. The lowest BCUT2D eigenvalue weighted by Crippen LogP contribution is -2.38. The highest BCUT2D eigenvalue weighted by Gasteiger charge is 2.37. The predicted molar refractivity (Wildman–Crippen MR) is 71.2 cm³/mol. The van der Waals surface area contributed by atoms with Crippen LogP contribution in [-0.2, 0) is 4.74 Å². The highest BCUT2D eigenvalue weighted by Crippen LogP contribution is 2.37. The Morgan fingerprint density at radius 3 is 2.41 bits per heavy atom. The van der Waals surface area contributed by atoms with E-state index in [1.165, 1.54) is 22.3 Å². The van der Waals surface area contributed by atoms with E-state index in [0.717, 1.165) is 19.4 Å². The van der Waals surface area contributed by atoms with E-state index in [2.05, 4.69) is 39.8 Å². The molecule has 1 aliphatic heterocycles. The molecule has 0 bridgehead atoms. The van der Waals surface area contributed by atoms with Gasteiger partial charge in [-0.25, -0.2) is 0 Å². The molecule has 2 unspecified atom stereocenters. The summed E-state index contributed by atoms with van der Waals surface area (Å²) in [6.45, 7) is 9.40. The van der Waals surface area contributed by atoms with Gasteiger partial charge in [-0.05, 0) is 62.8 Å². The second kappa shape index (κ2) is 4.43. The van der Waals surface area contributed by atoms with Gasteiger partial charge in [0.1, 0.15) is 0 Å². The summed E-state index contributed by atoms with van der Waals surface area (Å²) in [5, 5.41) is 0. The van der Waals surface area contributed by atoms with Crippen LogP contribution in [0, 0.1) is 20.8 Å². The van der Waals surface area contributed by atoms with Crippen molar-refractivity contribution in [2.24, 2.45) is 5.73 Å². The summed E-state index contributed by atoms with van der Waals surface area (Å²) in [4.78, 5) is 0. The molecule has 0 spiro atoms. The Kier molecular flexibility index (Phi) is 3.28. The maximum Gasteiger partial charge on any atom is 0.0847 e. The molecular weight excluding hydrogens is 210 g/mol. The molecule has 0 radical (unpaired) electrons. The maximum absolute atomic E-state index is 6.43. The molecule has 2 heteroatoms. The maximum atomic E-state index is 6.43. The van der Waals surface area contributed by atoms with Crippen molar-refractivity contribution in [2.75, 3.05) is 6.61 Å². The van der Waals surface area contributed by atoms with Crippen molar-refractivity contribution >= 4 is 0 Å². The number of benzene rings is 1. The summed E-state index contributed by atoms with van der Waals surface area (Å²) in [6, 6.07) is 4.43. The summed E-state index contributed by atoms with van der Waals surface area (Å²) >= 11 is 0. The van der Waals surface area contributed by atoms with Gasteiger partial charge in [0.2, 0.25) is 0 Å². The first kappa shape index (κ1) is 12.6. The van der Waals surface area contributed by atoms with E-state index < -0.39 is 0 Å². The standard InChI is InChI=1S/C15H23NO/c1-10-8-12(3)13(9-11(10)2)14(16)15(4)6-5-7-17-15/h8-9,14H,5-7,16H2,1-4H3. The van der Waals surface area contributed by atoms with Crippen LogP contribution in [0.1, 0.15) is 48.1 Å². The summed E-state index contributed by atoms with van der Waals surface area (Å²) < 4.78 is 5.86. The third kappa shape index (κ3) is 2.24. The zero-order valence-corrected chi connectivity index (χ0v) is 11.3. The summed E-state index contributed by atoms with van der Waals surface area (Å²) in [7, 11) is 0. The van der Waals surface area contributed by atoms with Gasteiger partial charge in [-0.1, -0.05) is 12.1 Å². The third-order valence-corrected chi connectivity index (χ3v) is 4.12. The molecule has 0 amide bonds. The fourth-order valence-corrected chi connectivity index (χ4v) is 2.69. The first-order chi connectivity index (χ1) is 7.94. The summed E-state index contributed by atoms with van der Waals surface area (Å²) in [6.07, 6.45) is 2.18. The van der Waals surface area contributed by atoms with Crippen molar-refractivity contribution in [3.63, 3.8) is 0 Å². The number of aryl methyl sites for hydroxylation is 3. The molecule has 0 saturated carbocycles. The molecule has 0 aliphatic carbocycles. The summed E-state index contributed by atoms with van der Waals surface area (Å²) in [5.41, 5.74) is 11.4. The van der Waals surface area contributed by atoms with Crippen molar-refractivity contribution in [1.29, 1.82) is 0 Å². The van der Waals surface area contributed by atoms with Crippen LogP contribution in [0.15, 0.2) is 12.1 Å². The Bertz CT molecular complexity index is 419. The highest BCUT2D eigenvalue weighted by molar-refractivity contribution is 5.39. The van der Waals surface area contributed by atoms with Crippen molar-refractivity contribution in [3.05, 3.63) is 34.4 Å². The minimum atomic E-state index is -0.188. The molecule has 1 fully saturated rings. The molecule has 0 aromatic heterocycles. The average molecular weight is 233 g/mol. The van der Waals surface area contributed by atoms with E-state index in [9.17, 15) is 0 Å². The molecule has 94 valence electrons. The number of hydrogen-bond donors (Lipinski definition) is 1. The van der Waals surface area contributed by atoms with Gasteiger partial charge in [-0.2, -0.15) is 0 Å². The molecule has 17 heavy (non-hydrogen) atoms. The molecule has 2 N–H and O–H groups in total. The van der Waals surface area contributed by atoms with Gasteiger partial charge < -0.3 is 10.5 Å². The average Bonchev–Trinajstić information content (AvgIpc) is 2.71. The van der Waals surface area contributed by atoms with E-state index >= 15 is 0 Å². The van der Waals surface area contributed by atoms with Crippen molar-refractivity contribution in [2.45, 2.75) is 52.2 Å². The largest absolute Gasteiger partial charge is 0.373 e. The highest BCUT2D eigenvalue weighted by atomic mass is 16.5. The van der Waals surface area contributed by atoms with Gasteiger partial charge in [-0.3, -0.25) is 0 Å². The topological polar surface area (TPSA) is 35.2 Å². The summed E-state index contributed by atoms with van der Waals surface area (Å²) in [5.74, 6) is 0. The van der Waals surface area contributed by atoms with Crippen molar-refractivity contribution < 1.29 is 4.74 Å². The van der Waals surface area contributed by atoms with Gasteiger partial charge in [0, 0.05) is 6.61 Å². The lowest BCUT2D eigenvalue weighted by atomic mass is 9.85. The molecule has 1 aromatic carbocycles. The zero-order chi connectivity index (χ0) is 12.6. The van der Waals surface area contributed by atoms with Crippen molar-refractivity contribution in [1.82, 2.24) is 0 Å². The Balaban J connectivity index is 2.36. The predicted octanol–water partition coefficient (Wildman–Crippen LogP) is 3.18. The van der Waals surface area contributed by atoms with Gasteiger partial charge in [0.25, 0.3) is 0 Å². The van der Waals surface area contributed by atoms with Crippen LogP contribution in [-0.4, -0.2) is 12.2 Å². The van der Waals surface area contributed by atoms with Gasteiger partial charge in [0.05, 0.1) is 11.6 Å². The number of nitrogens with two attached hydrogens (primary N) is 1. The van der Waals surface area contributed by atoms with Gasteiger partial charge >= 0.3 is 0 Å². The van der Waals surface area contributed by atoms with E-state index in [1.807, 2.05) is 0 Å². The fraction of sp³-hybridized carbons (Fsp3) is 0.600. The first-order valence-corrected chi connectivity index (χ1v) is 6.41. The lowest BCUT2D eigenvalue weighted by Gasteiger charge is -2.32. The van der Waals surface area contributed by atoms with Crippen LogP contribution in [0.2, 0.25) is 0 Å². The van der Waals surface area contributed by atoms with Crippen LogP contribution >= 0.6 is 0 Å². The molecule has 2 nitrogen and oxygen atoms in total.